The summed E-state index contributed by atoms with van der Waals surface area (Å²) in [5.41, 5.74) is 1.21. The van der Waals surface area contributed by atoms with Gasteiger partial charge in [-0.2, -0.15) is 12.7 Å². The number of nitrogens with zero attached hydrogens (tertiary/aromatic N) is 2. The maximum absolute atomic E-state index is 11.9. The van der Waals surface area contributed by atoms with E-state index in [9.17, 15) is 13.2 Å². The number of carboxylic acid groups (broad SMARTS) is 1. The maximum Gasteiger partial charge on any atom is 0.307 e. The summed E-state index contributed by atoms with van der Waals surface area (Å²) in [6.07, 6.45) is -0.0626. The van der Waals surface area contributed by atoms with Crippen molar-refractivity contribution in [2.45, 2.75) is 6.42 Å². The van der Waals surface area contributed by atoms with Gasteiger partial charge in [0.05, 0.1) is 12.1 Å². The van der Waals surface area contributed by atoms with E-state index >= 15 is 0 Å². The number of hydrogen-bond acceptors (Lipinski definition) is 3. The quantitative estimate of drug-likeness (QED) is 0.857. The first-order chi connectivity index (χ1) is 8.41. The zero-order chi connectivity index (χ0) is 13.3. The van der Waals surface area contributed by atoms with Crippen molar-refractivity contribution in [1.82, 2.24) is 4.31 Å². The third-order valence-electron chi connectivity index (χ3n) is 2.87. The standard InChI is InChI=1S/C11H14N2O4S/c1-12-6-7-13(18(12,16)17)10-4-2-9(3-5-10)8-11(14)15/h2-5H,6-8H2,1H3,(H,14,15). The lowest BCUT2D eigenvalue weighted by molar-refractivity contribution is -0.136. The predicted molar refractivity (Wildman–Crippen MR) is 66.7 cm³/mol. The Morgan fingerprint density at radius 1 is 1.28 bits per heavy atom. The van der Waals surface area contributed by atoms with Crippen LogP contribution in [0.5, 0.6) is 0 Å². The van der Waals surface area contributed by atoms with Crippen molar-refractivity contribution >= 4 is 21.9 Å². The lowest BCUT2D eigenvalue weighted by Crippen LogP contribution is -2.30. The van der Waals surface area contributed by atoms with Crippen LogP contribution in [0.15, 0.2) is 24.3 Å². The molecule has 0 bridgehead atoms. The van der Waals surface area contributed by atoms with Crippen LogP contribution in [0.3, 0.4) is 0 Å². The van der Waals surface area contributed by atoms with Gasteiger partial charge in [-0.05, 0) is 17.7 Å². The van der Waals surface area contributed by atoms with Gasteiger partial charge in [0.25, 0.3) is 0 Å². The number of carbonyl (C=O) groups is 1. The molecule has 0 aromatic heterocycles. The van der Waals surface area contributed by atoms with Crippen LogP contribution in [0.4, 0.5) is 5.69 Å². The van der Waals surface area contributed by atoms with Crippen molar-refractivity contribution in [2.24, 2.45) is 0 Å². The van der Waals surface area contributed by atoms with Crippen LogP contribution < -0.4 is 4.31 Å². The van der Waals surface area contributed by atoms with Gasteiger partial charge in [0.15, 0.2) is 0 Å². The number of aliphatic carboxylic acids is 1. The molecule has 1 aliphatic rings. The van der Waals surface area contributed by atoms with Crippen LogP contribution >= 0.6 is 0 Å². The van der Waals surface area contributed by atoms with Crippen LogP contribution in [0, 0.1) is 0 Å². The first-order valence-electron chi connectivity index (χ1n) is 5.46. The highest BCUT2D eigenvalue weighted by Gasteiger charge is 2.33. The highest BCUT2D eigenvalue weighted by Crippen LogP contribution is 2.24. The molecule has 1 aliphatic heterocycles. The van der Waals surface area contributed by atoms with E-state index in [0.29, 0.717) is 24.3 Å². The monoisotopic (exact) mass is 270 g/mol. The molecule has 1 aromatic carbocycles. The minimum absolute atomic E-state index is 0.0626. The summed E-state index contributed by atoms with van der Waals surface area (Å²) < 4.78 is 26.4. The fraction of sp³-hybridized carbons (Fsp3) is 0.364. The van der Waals surface area contributed by atoms with Crippen LogP contribution in [-0.2, 0) is 21.4 Å². The van der Waals surface area contributed by atoms with Gasteiger partial charge in [-0.15, -0.1) is 0 Å². The van der Waals surface area contributed by atoms with E-state index in [0.717, 1.165) is 0 Å². The zero-order valence-corrected chi connectivity index (χ0v) is 10.7. The molecule has 1 aromatic rings. The van der Waals surface area contributed by atoms with Crippen molar-refractivity contribution in [1.29, 1.82) is 0 Å². The molecule has 0 saturated carbocycles. The van der Waals surface area contributed by atoms with Crippen molar-refractivity contribution in [3.63, 3.8) is 0 Å². The molecule has 1 fully saturated rings. The molecule has 18 heavy (non-hydrogen) atoms. The molecule has 1 N–H and O–H groups in total. The number of hydrogen-bond donors (Lipinski definition) is 1. The number of rotatable bonds is 3. The molecular formula is C11H14N2O4S. The van der Waals surface area contributed by atoms with Gasteiger partial charge in [-0.1, -0.05) is 12.1 Å². The summed E-state index contributed by atoms with van der Waals surface area (Å²) in [6.45, 7) is 0.871. The average molecular weight is 270 g/mol. The molecule has 0 amide bonds. The Bertz CT molecular complexity index is 553. The van der Waals surface area contributed by atoms with Crippen molar-refractivity contribution in [2.75, 3.05) is 24.4 Å². The highest BCUT2D eigenvalue weighted by atomic mass is 32.2. The van der Waals surface area contributed by atoms with Crippen LogP contribution in [0.25, 0.3) is 0 Å². The lowest BCUT2D eigenvalue weighted by atomic mass is 10.1. The Morgan fingerprint density at radius 2 is 1.89 bits per heavy atom. The van der Waals surface area contributed by atoms with Gasteiger partial charge in [0.2, 0.25) is 0 Å². The second kappa shape index (κ2) is 4.58. The molecule has 0 radical (unpaired) electrons. The fourth-order valence-corrected chi connectivity index (χ4v) is 3.20. The van der Waals surface area contributed by atoms with E-state index in [4.69, 9.17) is 5.11 Å². The third kappa shape index (κ3) is 2.32. The minimum atomic E-state index is -3.40. The minimum Gasteiger partial charge on any atom is -0.481 e. The van der Waals surface area contributed by atoms with Gasteiger partial charge in [-0.3, -0.25) is 9.10 Å². The van der Waals surface area contributed by atoms with E-state index in [-0.39, 0.29) is 6.42 Å². The number of anilines is 1. The van der Waals surface area contributed by atoms with Crippen LogP contribution in [0.2, 0.25) is 0 Å². The van der Waals surface area contributed by atoms with E-state index in [1.807, 2.05) is 0 Å². The van der Waals surface area contributed by atoms with Crippen LogP contribution in [0.1, 0.15) is 5.56 Å². The Kier molecular flexibility index (Phi) is 3.27. The van der Waals surface area contributed by atoms with E-state index in [1.165, 1.54) is 15.7 Å². The third-order valence-corrected chi connectivity index (χ3v) is 4.79. The van der Waals surface area contributed by atoms with E-state index < -0.39 is 16.2 Å². The van der Waals surface area contributed by atoms with Gasteiger partial charge < -0.3 is 5.11 Å². The Balaban J connectivity index is 2.23. The van der Waals surface area contributed by atoms with Crippen molar-refractivity contribution in [3.8, 4) is 0 Å². The number of carboxylic acids is 1. The van der Waals surface area contributed by atoms with Crippen LogP contribution in [-0.4, -0.2) is 43.9 Å². The van der Waals surface area contributed by atoms with Gasteiger partial charge in [-0.25, -0.2) is 0 Å². The summed E-state index contributed by atoms with van der Waals surface area (Å²) in [5, 5.41) is 8.65. The average Bonchev–Trinajstić information content (AvgIpc) is 2.55. The van der Waals surface area contributed by atoms with Gasteiger partial charge in [0, 0.05) is 20.1 Å². The highest BCUT2D eigenvalue weighted by molar-refractivity contribution is 7.90. The number of likely N-dealkylation sites (N-methyl/N-ethyl adjacent to an activating group) is 1. The van der Waals surface area contributed by atoms with Crippen molar-refractivity contribution < 1.29 is 18.3 Å². The zero-order valence-electron chi connectivity index (χ0n) is 9.91. The molecule has 0 unspecified atom stereocenters. The molecule has 0 spiro atoms. The molecule has 2 rings (SSSR count). The second-order valence-corrected chi connectivity index (χ2v) is 6.10. The van der Waals surface area contributed by atoms with E-state index in [2.05, 4.69) is 0 Å². The largest absolute Gasteiger partial charge is 0.481 e. The van der Waals surface area contributed by atoms with Crippen molar-refractivity contribution in [3.05, 3.63) is 29.8 Å². The van der Waals surface area contributed by atoms with Gasteiger partial charge >= 0.3 is 16.2 Å². The Hall–Kier alpha value is -1.60. The summed E-state index contributed by atoms with van der Waals surface area (Å²) in [7, 11) is -1.87. The molecular weight excluding hydrogens is 256 g/mol. The Labute approximate surface area is 106 Å². The van der Waals surface area contributed by atoms with E-state index in [1.54, 1.807) is 24.3 Å². The first-order valence-corrected chi connectivity index (χ1v) is 6.85. The number of benzene rings is 1. The fourth-order valence-electron chi connectivity index (χ4n) is 1.85. The lowest BCUT2D eigenvalue weighted by Gasteiger charge is -2.18. The molecule has 1 heterocycles. The predicted octanol–water partition coefficient (Wildman–Crippen LogP) is 0.310. The molecule has 0 atom stereocenters. The summed E-state index contributed by atoms with van der Waals surface area (Å²) >= 11 is 0. The van der Waals surface area contributed by atoms with Gasteiger partial charge in [0.1, 0.15) is 0 Å². The first kappa shape index (κ1) is 12.8. The molecule has 1 saturated heterocycles. The smallest absolute Gasteiger partial charge is 0.307 e. The summed E-state index contributed by atoms with van der Waals surface area (Å²) in [5.74, 6) is -0.906. The summed E-state index contributed by atoms with van der Waals surface area (Å²) in [4.78, 5) is 10.5. The maximum atomic E-state index is 11.9. The Morgan fingerprint density at radius 3 is 2.33 bits per heavy atom. The normalized spacial score (nSPS) is 19.1. The topological polar surface area (TPSA) is 77.9 Å². The molecule has 98 valence electrons. The molecule has 6 nitrogen and oxygen atoms in total. The summed E-state index contributed by atoms with van der Waals surface area (Å²) in [6, 6.07) is 6.54. The molecule has 0 aliphatic carbocycles. The SMILES string of the molecule is CN1CCN(c2ccc(CC(=O)O)cc2)S1(=O)=O. The second-order valence-electron chi connectivity index (χ2n) is 4.14. The molecule has 7 heteroatoms.